The van der Waals surface area contributed by atoms with Crippen LogP contribution in [0.4, 0.5) is 0 Å². The summed E-state index contributed by atoms with van der Waals surface area (Å²) >= 11 is 0. The lowest BCUT2D eigenvalue weighted by Gasteiger charge is -2.18. The van der Waals surface area contributed by atoms with Gasteiger partial charge < -0.3 is 4.42 Å². The van der Waals surface area contributed by atoms with Crippen molar-refractivity contribution in [1.29, 1.82) is 0 Å². The Balaban J connectivity index is 1.34. The van der Waals surface area contributed by atoms with Crippen LogP contribution in [0, 0.1) is 6.92 Å². The third-order valence-electron chi connectivity index (χ3n) is 6.69. The third-order valence-corrected chi connectivity index (χ3v) is 6.69. The number of nitrogens with zero attached hydrogens (tertiary/aromatic N) is 1. The Labute approximate surface area is 226 Å². The highest BCUT2D eigenvalue weighted by molar-refractivity contribution is 6.07. The zero-order valence-corrected chi connectivity index (χ0v) is 21.4. The Morgan fingerprint density at radius 2 is 1.33 bits per heavy atom. The highest BCUT2D eigenvalue weighted by Crippen LogP contribution is 2.30. The van der Waals surface area contributed by atoms with Crippen molar-refractivity contribution in [2.45, 2.75) is 32.1 Å². The zero-order chi connectivity index (χ0) is 27.2. The van der Waals surface area contributed by atoms with Crippen LogP contribution in [-0.2, 0) is 11.2 Å². The lowest BCUT2D eigenvalue weighted by atomic mass is 9.90. The van der Waals surface area contributed by atoms with E-state index >= 15 is 0 Å². The second kappa shape index (κ2) is 11.6. The number of amides is 3. The molecule has 0 saturated carbocycles. The van der Waals surface area contributed by atoms with E-state index in [-0.39, 0.29) is 11.7 Å². The number of hydrazone groups is 1. The van der Waals surface area contributed by atoms with Crippen molar-refractivity contribution >= 4 is 23.4 Å². The molecule has 1 aliphatic carbocycles. The summed E-state index contributed by atoms with van der Waals surface area (Å²) in [7, 11) is 0. The molecule has 0 unspecified atom stereocenters. The molecule has 5 rings (SSSR count). The van der Waals surface area contributed by atoms with Gasteiger partial charge in [0.05, 0.1) is 11.6 Å². The first-order chi connectivity index (χ1) is 19.0. The van der Waals surface area contributed by atoms with Crippen molar-refractivity contribution in [2.75, 3.05) is 0 Å². The van der Waals surface area contributed by atoms with Crippen LogP contribution in [0.5, 0.6) is 0 Å². The van der Waals surface area contributed by atoms with Gasteiger partial charge in [-0.3, -0.25) is 25.2 Å². The lowest BCUT2D eigenvalue weighted by molar-refractivity contribution is -0.121. The summed E-state index contributed by atoms with van der Waals surface area (Å²) in [5.41, 5.74) is 11.7. The molecule has 0 saturated heterocycles. The zero-order valence-electron chi connectivity index (χ0n) is 21.4. The summed E-state index contributed by atoms with van der Waals surface area (Å²) in [6.45, 7) is 1.77. The van der Waals surface area contributed by atoms with Gasteiger partial charge in [-0.25, -0.2) is 5.43 Å². The monoisotopic (exact) mass is 520 g/mol. The van der Waals surface area contributed by atoms with Gasteiger partial charge in [0.1, 0.15) is 5.76 Å². The molecular weight excluding hydrogens is 492 g/mol. The number of rotatable bonds is 6. The van der Waals surface area contributed by atoms with Gasteiger partial charge in [-0.1, -0.05) is 78.9 Å². The first-order valence-electron chi connectivity index (χ1n) is 12.8. The number of nitrogens with one attached hydrogen (secondary N) is 3. The third kappa shape index (κ3) is 5.65. The quantitative estimate of drug-likeness (QED) is 0.321. The molecule has 39 heavy (non-hydrogen) atoms. The van der Waals surface area contributed by atoms with E-state index in [9.17, 15) is 14.4 Å². The Morgan fingerprint density at radius 3 is 1.95 bits per heavy atom. The summed E-state index contributed by atoms with van der Waals surface area (Å²) in [5, 5.41) is 4.50. The fourth-order valence-electron chi connectivity index (χ4n) is 4.80. The molecule has 1 heterocycles. The standard InChI is InChI=1S/C31H28N4O4/c1-20-26-24(32-34-30(37)27(21-12-5-2-6-13-21)22-14-7-3-8-15-22)18-11-19-25(26)39-28(20)31(38)35-33-29(36)23-16-9-4-10-17-23/h2-10,12-17,27H,11,18-19H2,1H3,(H,33,36)(H,34,37)(H,35,38)/b32-24+. The summed E-state index contributed by atoms with van der Waals surface area (Å²) < 4.78 is 5.90. The van der Waals surface area contributed by atoms with E-state index in [1.54, 1.807) is 37.3 Å². The number of furan rings is 1. The number of benzene rings is 3. The van der Waals surface area contributed by atoms with E-state index in [1.807, 2.05) is 60.7 Å². The number of hydrazine groups is 1. The second-order valence-electron chi connectivity index (χ2n) is 9.27. The van der Waals surface area contributed by atoms with Crippen LogP contribution in [0.25, 0.3) is 0 Å². The van der Waals surface area contributed by atoms with Crippen LogP contribution in [0.3, 0.4) is 0 Å². The van der Waals surface area contributed by atoms with Gasteiger partial charge >= 0.3 is 5.91 Å². The maximum Gasteiger partial charge on any atom is 0.305 e. The van der Waals surface area contributed by atoms with E-state index in [2.05, 4.69) is 21.4 Å². The van der Waals surface area contributed by atoms with E-state index in [4.69, 9.17) is 4.42 Å². The van der Waals surface area contributed by atoms with E-state index in [0.717, 1.165) is 23.1 Å². The number of aryl methyl sites for hydroxylation is 1. The highest BCUT2D eigenvalue weighted by atomic mass is 16.4. The van der Waals surface area contributed by atoms with Crippen molar-refractivity contribution in [2.24, 2.45) is 5.10 Å². The SMILES string of the molecule is Cc1c(C(=O)NNC(=O)c2ccccc2)oc2c1/C(=N/NC(=O)C(c1ccccc1)c1ccccc1)CCC2. The minimum absolute atomic E-state index is 0.0979. The van der Waals surface area contributed by atoms with Crippen LogP contribution >= 0.6 is 0 Å². The normalized spacial score (nSPS) is 13.5. The predicted octanol–water partition coefficient (Wildman–Crippen LogP) is 4.65. The molecule has 3 aromatic carbocycles. The van der Waals surface area contributed by atoms with Gasteiger partial charge in [0, 0.05) is 23.1 Å². The Morgan fingerprint density at radius 1 is 0.769 bits per heavy atom. The topological polar surface area (TPSA) is 113 Å². The van der Waals surface area contributed by atoms with Crippen LogP contribution in [-0.4, -0.2) is 23.4 Å². The first kappa shape index (κ1) is 25.7. The average Bonchev–Trinajstić information content (AvgIpc) is 3.33. The van der Waals surface area contributed by atoms with Gasteiger partial charge in [0.25, 0.3) is 11.8 Å². The molecule has 8 heteroatoms. The molecule has 0 bridgehead atoms. The predicted molar refractivity (Wildman–Crippen MR) is 147 cm³/mol. The molecule has 0 aliphatic heterocycles. The maximum absolute atomic E-state index is 13.4. The molecule has 0 radical (unpaired) electrons. The van der Waals surface area contributed by atoms with Crippen molar-refractivity contribution in [1.82, 2.24) is 16.3 Å². The fraction of sp³-hybridized carbons (Fsp3) is 0.161. The van der Waals surface area contributed by atoms with Gasteiger partial charge in [-0.15, -0.1) is 0 Å². The number of hydrogen-bond acceptors (Lipinski definition) is 5. The molecule has 196 valence electrons. The van der Waals surface area contributed by atoms with Crippen LogP contribution in [0.15, 0.2) is 101 Å². The summed E-state index contributed by atoms with van der Waals surface area (Å²) in [4.78, 5) is 38.6. The number of carbonyl (C=O) groups is 3. The van der Waals surface area contributed by atoms with Crippen molar-refractivity contribution in [3.63, 3.8) is 0 Å². The smallest absolute Gasteiger partial charge is 0.305 e. The van der Waals surface area contributed by atoms with E-state index < -0.39 is 17.7 Å². The minimum Gasteiger partial charge on any atom is -0.455 e. The molecule has 3 N–H and O–H groups in total. The van der Waals surface area contributed by atoms with Gasteiger partial charge in [0.2, 0.25) is 0 Å². The van der Waals surface area contributed by atoms with Gasteiger partial charge in [-0.2, -0.15) is 5.10 Å². The molecule has 3 amide bonds. The van der Waals surface area contributed by atoms with Gasteiger partial charge in [-0.05, 0) is 43.0 Å². The highest BCUT2D eigenvalue weighted by Gasteiger charge is 2.29. The molecule has 0 spiro atoms. The average molecular weight is 521 g/mol. The fourth-order valence-corrected chi connectivity index (χ4v) is 4.80. The molecule has 4 aromatic rings. The van der Waals surface area contributed by atoms with Crippen LogP contribution in [0.1, 0.15) is 67.7 Å². The van der Waals surface area contributed by atoms with Gasteiger partial charge in [0.15, 0.2) is 5.76 Å². The maximum atomic E-state index is 13.4. The Bertz CT molecular complexity index is 1470. The Hall–Kier alpha value is -4.98. The molecule has 0 fully saturated rings. The van der Waals surface area contributed by atoms with E-state index in [1.165, 1.54) is 0 Å². The summed E-state index contributed by atoms with van der Waals surface area (Å²) in [6.07, 6.45) is 2.03. The first-order valence-corrected chi connectivity index (χ1v) is 12.8. The lowest BCUT2D eigenvalue weighted by Crippen LogP contribution is -2.41. The molecule has 1 aromatic heterocycles. The number of fused-ring (bicyclic) bond motifs is 1. The Kier molecular flexibility index (Phi) is 7.63. The molecule has 8 nitrogen and oxygen atoms in total. The summed E-state index contributed by atoms with van der Waals surface area (Å²) in [5.74, 6) is -1.05. The number of hydrogen-bond donors (Lipinski definition) is 3. The molecule has 1 aliphatic rings. The molecular formula is C31H28N4O4. The second-order valence-corrected chi connectivity index (χ2v) is 9.27. The van der Waals surface area contributed by atoms with Crippen molar-refractivity contribution in [3.8, 4) is 0 Å². The largest absolute Gasteiger partial charge is 0.455 e. The molecule has 0 atom stereocenters. The van der Waals surface area contributed by atoms with Crippen LogP contribution < -0.4 is 16.3 Å². The summed E-state index contributed by atoms with van der Waals surface area (Å²) in [6, 6.07) is 27.7. The van der Waals surface area contributed by atoms with Crippen LogP contribution in [0.2, 0.25) is 0 Å². The van der Waals surface area contributed by atoms with E-state index in [0.29, 0.717) is 35.4 Å². The minimum atomic E-state index is -0.567. The number of carbonyl (C=O) groups excluding carboxylic acids is 3. The van der Waals surface area contributed by atoms with Crippen molar-refractivity contribution in [3.05, 3.63) is 130 Å². The van der Waals surface area contributed by atoms with Crippen molar-refractivity contribution < 1.29 is 18.8 Å².